The highest BCUT2D eigenvalue weighted by atomic mass is 32.2. The molecule has 1 amide bonds. The Morgan fingerprint density at radius 3 is 2.31 bits per heavy atom. The summed E-state index contributed by atoms with van der Waals surface area (Å²) in [4.78, 5) is 11.1. The molecule has 0 aliphatic heterocycles. The Kier molecular flexibility index (Phi) is 5.96. The van der Waals surface area contributed by atoms with E-state index in [0.29, 0.717) is 26.1 Å². The Balaban J connectivity index is 3.88. The molecule has 0 unspecified atom stereocenters. The third kappa shape index (κ3) is 5.46. The summed E-state index contributed by atoms with van der Waals surface area (Å²) in [6, 6.07) is 0. The highest BCUT2D eigenvalue weighted by Crippen LogP contribution is 2.13. The Bertz CT molecular complexity index is 323. The lowest BCUT2D eigenvalue weighted by Crippen LogP contribution is -2.42. The Labute approximate surface area is 97.9 Å². The summed E-state index contributed by atoms with van der Waals surface area (Å²) < 4.78 is 21.9. The fourth-order valence-corrected chi connectivity index (χ4v) is 1.37. The molecule has 0 aromatic carbocycles. The van der Waals surface area contributed by atoms with E-state index in [1.807, 2.05) is 6.92 Å². The monoisotopic (exact) mass is 250 g/mol. The summed E-state index contributed by atoms with van der Waals surface area (Å²) >= 11 is 0. The Morgan fingerprint density at radius 2 is 1.88 bits per heavy atom. The average Bonchev–Trinajstić information content (AvgIpc) is 2.11. The molecule has 0 bridgehead atoms. The third-order valence-corrected chi connectivity index (χ3v) is 4.61. The van der Waals surface area contributed by atoms with Crippen molar-refractivity contribution in [3.05, 3.63) is 0 Å². The van der Waals surface area contributed by atoms with Gasteiger partial charge < -0.3 is 10.6 Å². The molecule has 16 heavy (non-hydrogen) atoms. The lowest BCUT2D eigenvalue weighted by Gasteiger charge is -2.22. The average molecular weight is 250 g/mol. The minimum Gasteiger partial charge on any atom is -0.356 e. The minimum atomic E-state index is -3.08. The molecule has 2 N–H and O–H groups in total. The molecule has 0 atom stereocenters. The van der Waals surface area contributed by atoms with E-state index in [9.17, 15) is 13.2 Å². The van der Waals surface area contributed by atoms with Crippen molar-refractivity contribution >= 4 is 15.7 Å². The Morgan fingerprint density at radius 1 is 1.31 bits per heavy atom. The van der Waals surface area contributed by atoms with Gasteiger partial charge in [0.1, 0.15) is 0 Å². The summed E-state index contributed by atoms with van der Waals surface area (Å²) in [5.41, 5.74) is 0. The van der Waals surface area contributed by atoms with Gasteiger partial charge in [-0.2, -0.15) is 0 Å². The SMILES string of the molecule is CCNC(=O)CCNCC(C)(C)S(C)(=O)=O. The van der Waals surface area contributed by atoms with Gasteiger partial charge in [0.05, 0.1) is 4.75 Å². The van der Waals surface area contributed by atoms with Crippen LogP contribution in [0.1, 0.15) is 27.2 Å². The molecule has 0 spiro atoms. The van der Waals surface area contributed by atoms with Crippen molar-refractivity contribution in [2.24, 2.45) is 0 Å². The first kappa shape index (κ1) is 15.4. The van der Waals surface area contributed by atoms with Crippen molar-refractivity contribution in [1.29, 1.82) is 0 Å². The summed E-state index contributed by atoms with van der Waals surface area (Å²) in [6.07, 6.45) is 1.59. The van der Waals surface area contributed by atoms with Gasteiger partial charge in [-0.15, -0.1) is 0 Å². The van der Waals surface area contributed by atoms with E-state index in [1.54, 1.807) is 13.8 Å². The molecule has 6 heteroatoms. The predicted molar refractivity (Wildman–Crippen MR) is 65.1 cm³/mol. The molecule has 0 rings (SSSR count). The fourth-order valence-electron chi connectivity index (χ4n) is 1.01. The number of carbonyl (C=O) groups excluding carboxylic acids is 1. The number of nitrogens with one attached hydrogen (secondary N) is 2. The summed E-state index contributed by atoms with van der Waals surface area (Å²) in [5, 5.41) is 5.66. The molecule has 0 saturated carbocycles. The van der Waals surface area contributed by atoms with Crippen molar-refractivity contribution in [1.82, 2.24) is 10.6 Å². The first-order valence-electron chi connectivity index (χ1n) is 5.37. The zero-order valence-corrected chi connectivity index (χ0v) is 11.3. The van der Waals surface area contributed by atoms with Gasteiger partial charge in [-0.05, 0) is 20.8 Å². The van der Waals surface area contributed by atoms with Gasteiger partial charge in [-0.1, -0.05) is 0 Å². The number of amides is 1. The smallest absolute Gasteiger partial charge is 0.221 e. The molecular formula is C10H22N2O3S. The number of carbonyl (C=O) groups is 1. The van der Waals surface area contributed by atoms with Crippen molar-refractivity contribution < 1.29 is 13.2 Å². The Hall–Kier alpha value is -0.620. The number of rotatable bonds is 7. The van der Waals surface area contributed by atoms with Crippen LogP contribution in [-0.4, -0.2) is 45.0 Å². The molecule has 0 fully saturated rings. The zero-order valence-electron chi connectivity index (χ0n) is 10.5. The van der Waals surface area contributed by atoms with Crippen LogP contribution in [0.25, 0.3) is 0 Å². The van der Waals surface area contributed by atoms with Gasteiger partial charge >= 0.3 is 0 Å². The van der Waals surface area contributed by atoms with E-state index in [0.717, 1.165) is 0 Å². The standard InChI is InChI=1S/C10H22N2O3S/c1-5-12-9(13)6-7-11-8-10(2,3)16(4,14)15/h11H,5-8H2,1-4H3,(H,12,13). The van der Waals surface area contributed by atoms with Crippen LogP contribution in [0.15, 0.2) is 0 Å². The van der Waals surface area contributed by atoms with Gasteiger partial charge in [0.2, 0.25) is 5.91 Å². The van der Waals surface area contributed by atoms with Crippen LogP contribution in [-0.2, 0) is 14.6 Å². The lowest BCUT2D eigenvalue weighted by atomic mass is 10.2. The number of sulfone groups is 1. The molecule has 0 saturated heterocycles. The van der Waals surface area contributed by atoms with Crippen LogP contribution in [0.2, 0.25) is 0 Å². The van der Waals surface area contributed by atoms with Gasteiger partial charge in [0.25, 0.3) is 0 Å². The molecule has 0 aliphatic rings. The topological polar surface area (TPSA) is 75.3 Å². The van der Waals surface area contributed by atoms with Crippen LogP contribution in [0, 0.1) is 0 Å². The van der Waals surface area contributed by atoms with Crippen molar-refractivity contribution in [2.75, 3.05) is 25.9 Å². The third-order valence-electron chi connectivity index (χ3n) is 2.46. The molecule has 0 aromatic rings. The summed E-state index contributed by atoms with van der Waals surface area (Å²) in [7, 11) is -3.08. The van der Waals surface area contributed by atoms with Crippen molar-refractivity contribution in [2.45, 2.75) is 31.9 Å². The van der Waals surface area contributed by atoms with E-state index in [-0.39, 0.29) is 5.91 Å². The molecule has 0 radical (unpaired) electrons. The second-order valence-electron chi connectivity index (χ2n) is 4.41. The summed E-state index contributed by atoms with van der Waals surface area (Å²) in [5.74, 6) is -0.0211. The fraction of sp³-hybridized carbons (Fsp3) is 0.900. The van der Waals surface area contributed by atoms with Crippen LogP contribution < -0.4 is 10.6 Å². The van der Waals surface area contributed by atoms with Crippen molar-refractivity contribution in [3.8, 4) is 0 Å². The van der Waals surface area contributed by atoms with Gasteiger partial charge in [0.15, 0.2) is 9.84 Å². The maximum atomic E-state index is 11.4. The maximum absolute atomic E-state index is 11.4. The van der Waals surface area contributed by atoms with Crippen LogP contribution in [0.5, 0.6) is 0 Å². The van der Waals surface area contributed by atoms with E-state index in [1.165, 1.54) is 6.26 Å². The van der Waals surface area contributed by atoms with E-state index in [4.69, 9.17) is 0 Å². The quantitative estimate of drug-likeness (QED) is 0.620. The van der Waals surface area contributed by atoms with Crippen molar-refractivity contribution in [3.63, 3.8) is 0 Å². The maximum Gasteiger partial charge on any atom is 0.221 e. The molecular weight excluding hydrogens is 228 g/mol. The predicted octanol–water partition coefficient (Wildman–Crippen LogP) is -0.0746. The minimum absolute atomic E-state index is 0.0211. The molecule has 5 nitrogen and oxygen atoms in total. The molecule has 0 aromatic heterocycles. The number of hydrogen-bond acceptors (Lipinski definition) is 4. The van der Waals surface area contributed by atoms with Crippen LogP contribution >= 0.6 is 0 Å². The zero-order chi connectivity index (χ0) is 12.8. The number of hydrogen-bond donors (Lipinski definition) is 2. The van der Waals surface area contributed by atoms with E-state index in [2.05, 4.69) is 10.6 Å². The first-order valence-corrected chi connectivity index (χ1v) is 7.27. The highest BCUT2D eigenvalue weighted by Gasteiger charge is 2.29. The second-order valence-corrected chi connectivity index (χ2v) is 7.06. The first-order chi connectivity index (χ1) is 7.20. The van der Waals surface area contributed by atoms with Gasteiger partial charge in [-0.3, -0.25) is 4.79 Å². The summed E-state index contributed by atoms with van der Waals surface area (Å²) in [6.45, 7) is 6.66. The lowest BCUT2D eigenvalue weighted by molar-refractivity contribution is -0.120. The van der Waals surface area contributed by atoms with Gasteiger partial charge in [-0.25, -0.2) is 8.42 Å². The largest absolute Gasteiger partial charge is 0.356 e. The molecule has 0 aliphatic carbocycles. The van der Waals surface area contributed by atoms with Crippen LogP contribution in [0.4, 0.5) is 0 Å². The second kappa shape index (κ2) is 6.20. The normalized spacial score (nSPS) is 12.5. The molecule has 0 heterocycles. The molecule has 96 valence electrons. The van der Waals surface area contributed by atoms with Crippen LogP contribution in [0.3, 0.4) is 0 Å². The van der Waals surface area contributed by atoms with E-state index < -0.39 is 14.6 Å². The van der Waals surface area contributed by atoms with Gasteiger partial charge in [0, 0.05) is 32.3 Å². The highest BCUT2D eigenvalue weighted by molar-refractivity contribution is 7.92. The van der Waals surface area contributed by atoms with E-state index >= 15 is 0 Å².